The first-order valence-corrected chi connectivity index (χ1v) is 7.22. The van der Waals surface area contributed by atoms with E-state index in [0.717, 1.165) is 24.9 Å². The van der Waals surface area contributed by atoms with Gasteiger partial charge >= 0.3 is 0 Å². The number of hydrogen-bond acceptors (Lipinski definition) is 1. The zero-order valence-corrected chi connectivity index (χ0v) is 12.1. The van der Waals surface area contributed by atoms with Crippen LogP contribution in [0.2, 0.25) is 5.02 Å². The molecule has 1 nitrogen and oxygen atoms in total. The van der Waals surface area contributed by atoms with Crippen molar-refractivity contribution in [1.29, 1.82) is 0 Å². The van der Waals surface area contributed by atoms with Gasteiger partial charge in [-0.2, -0.15) is 0 Å². The van der Waals surface area contributed by atoms with E-state index in [1.165, 1.54) is 19.3 Å². The Balaban J connectivity index is 2.55. The quantitative estimate of drug-likeness (QED) is 0.683. The van der Waals surface area contributed by atoms with Gasteiger partial charge in [-0.3, -0.25) is 0 Å². The van der Waals surface area contributed by atoms with Crippen LogP contribution >= 0.6 is 11.6 Å². The first kappa shape index (κ1) is 15.5. The predicted octanol–water partition coefficient (Wildman–Crippen LogP) is 4.58. The van der Waals surface area contributed by atoms with Crippen LogP contribution in [-0.2, 0) is 6.42 Å². The Kier molecular flexibility index (Phi) is 7.29. The first-order chi connectivity index (χ1) is 8.67. The maximum atomic E-state index is 13.4. The fourth-order valence-electron chi connectivity index (χ4n) is 2.16. The standard InChI is InChI=1S/C15H23ClFN/c1-3-5-6-7-13(18-4-2)10-12-8-9-14(16)15(17)11-12/h8-9,11,13,18H,3-7,10H2,1-2H3. The number of halogens is 2. The normalized spacial score (nSPS) is 12.7. The van der Waals surface area contributed by atoms with Gasteiger partial charge in [0.15, 0.2) is 0 Å². The lowest BCUT2D eigenvalue weighted by Gasteiger charge is -2.18. The van der Waals surface area contributed by atoms with Crippen LogP contribution in [-0.4, -0.2) is 12.6 Å². The van der Waals surface area contributed by atoms with Gasteiger partial charge in [0.25, 0.3) is 0 Å². The van der Waals surface area contributed by atoms with Gasteiger partial charge in [-0.25, -0.2) is 4.39 Å². The van der Waals surface area contributed by atoms with Crippen molar-refractivity contribution in [3.8, 4) is 0 Å². The molecular formula is C15H23ClFN. The van der Waals surface area contributed by atoms with E-state index in [-0.39, 0.29) is 10.8 Å². The predicted molar refractivity (Wildman–Crippen MR) is 76.7 cm³/mol. The molecule has 0 saturated heterocycles. The van der Waals surface area contributed by atoms with Crippen LogP contribution in [0.3, 0.4) is 0 Å². The Morgan fingerprint density at radius 1 is 1.28 bits per heavy atom. The largest absolute Gasteiger partial charge is 0.314 e. The molecule has 0 aromatic heterocycles. The Hall–Kier alpha value is -0.600. The Bertz CT molecular complexity index is 354. The summed E-state index contributed by atoms with van der Waals surface area (Å²) in [5.41, 5.74) is 1.01. The molecule has 1 rings (SSSR count). The highest BCUT2D eigenvalue weighted by atomic mass is 35.5. The van der Waals surface area contributed by atoms with Gasteiger partial charge in [0.2, 0.25) is 0 Å². The van der Waals surface area contributed by atoms with Crippen molar-refractivity contribution >= 4 is 11.6 Å². The molecule has 0 amide bonds. The maximum absolute atomic E-state index is 13.4. The third-order valence-electron chi connectivity index (χ3n) is 3.12. The number of benzene rings is 1. The van der Waals surface area contributed by atoms with E-state index in [0.29, 0.717) is 6.04 Å². The van der Waals surface area contributed by atoms with E-state index >= 15 is 0 Å². The third-order valence-corrected chi connectivity index (χ3v) is 3.42. The molecule has 0 aliphatic carbocycles. The van der Waals surface area contributed by atoms with Gasteiger partial charge in [0.1, 0.15) is 5.82 Å². The fourth-order valence-corrected chi connectivity index (χ4v) is 2.27. The molecule has 0 spiro atoms. The highest BCUT2D eigenvalue weighted by Crippen LogP contribution is 2.17. The minimum atomic E-state index is -0.321. The lowest BCUT2D eigenvalue weighted by Crippen LogP contribution is -2.30. The zero-order valence-electron chi connectivity index (χ0n) is 11.3. The van der Waals surface area contributed by atoms with E-state index in [1.54, 1.807) is 12.1 Å². The minimum Gasteiger partial charge on any atom is -0.314 e. The van der Waals surface area contributed by atoms with Crippen molar-refractivity contribution in [2.45, 2.75) is 52.0 Å². The van der Waals surface area contributed by atoms with Crippen LogP contribution in [0.5, 0.6) is 0 Å². The maximum Gasteiger partial charge on any atom is 0.142 e. The van der Waals surface area contributed by atoms with Crippen molar-refractivity contribution in [3.05, 3.63) is 34.6 Å². The first-order valence-electron chi connectivity index (χ1n) is 6.84. The van der Waals surface area contributed by atoms with Crippen molar-refractivity contribution < 1.29 is 4.39 Å². The second kappa shape index (κ2) is 8.49. The summed E-state index contributed by atoms with van der Waals surface area (Å²) in [7, 11) is 0. The summed E-state index contributed by atoms with van der Waals surface area (Å²) in [5.74, 6) is -0.321. The summed E-state index contributed by atoms with van der Waals surface area (Å²) in [4.78, 5) is 0. The molecule has 102 valence electrons. The van der Waals surface area contributed by atoms with Crippen LogP contribution in [0.25, 0.3) is 0 Å². The molecule has 1 aromatic carbocycles. The summed E-state index contributed by atoms with van der Waals surface area (Å²) in [6.07, 6.45) is 5.73. The van der Waals surface area contributed by atoms with E-state index in [2.05, 4.69) is 19.2 Å². The van der Waals surface area contributed by atoms with E-state index in [1.807, 2.05) is 6.07 Å². The topological polar surface area (TPSA) is 12.0 Å². The average molecular weight is 272 g/mol. The molecule has 18 heavy (non-hydrogen) atoms. The van der Waals surface area contributed by atoms with Crippen LogP contribution in [0.4, 0.5) is 4.39 Å². The number of rotatable bonds is 8. The molecule has 0 aliphatic rings. The van der Waals surface area contributed by atoms with Crippen LogP contribution in [0.15, 0.2) is 18.2 Å². The molecule has 0 bridgehead atoms. The Morgan fingerprint density at radius 3 is 2.67 bits per heavy atom. The molecule has 3 heteroatoms. The minimum absolute atomic E-state index is 0.199. The SMILES string of the molecule is CCCCCC(Cc1ccc(Cl)c(F)c1)NCC. The van der Waals surface area contributed by atoms with Crippen LogP contribution < -0.4 is 5.32 Å². The molecule has 0 aliphatic heterocycles. The summed E-state index contributed by atoms with van der Waals surface area (Å²) >= 11 is 5.69. The third kappa shape index (κ3) is 5.36. The Labute approximate surface area is 115 Å². The van der Waals surface area contributed by atoms with Crippen LogP contribution in [0, 0.1) is 5.82 Å². The number of unbranched alkanes of at least 4 members (excludes halogenated alkanes) is 2. The molecule has 0 radical (unpaired) electrons. The molecule has 1 aromatic rings. The van der Waals surface area contributed by atoms with Gasteiger partial charge in [-0.05, 0) is 37.1 Å². The van der Waals surface area contributed by atoms with Gasteiger partial charge in [-0.1, -0.05) is 50.8 Å². The highest BCUT2D eigenvalue weighted by Gasteiger charge is 2.09. The molecule has 1 unspecified atom stereocenters. The van der Waals surface area contributed by atoms with Crippen molar-refractivity contribution in [2.75, 3.05) is 6.54 Å². The van der Waals surface area contributed by atoms with Crippen molar-refractivity contribution in [1.82, 2.24) is 5.32 Å². The zero-order chi connectivity index (χ0) is 13.4. The monoisotopic (exact) mass is 271 g/mol. The molecule has 0 saturated carbocycles. The van der Waals surface area contributed by atoms with Crippen molar-refractivity contribution in [3.63, 3.8) is 0 Å². The van der Waals surface area contributed by atoms with Crippen molar-refractivity contribution in [2.24, 2.45) is 0 Å². The van der Waals surface area contributed by atoms with Gasteiger partial charge in [0, 0.05) is 6.04 Å². The molecule has 0 fully saturated rings. The second-order valence-corrected chi connectivity index (χ2v) is 5.11. The van der Waals surface area contributed by atoms with Crippen LogP contribution in [0.1, 0.15) is 45.1 Å². The summed E-state index contributed by atoms with van der Waals surface area (Å²) in [5, 5.41) is 3.67. The van der Waals surface area contributed by atoms with Gasteiger partial charge in [0.05, 0.1) is 5.02 Å². The van der Waals surface area contributed by atoms with E-state index in [9.17, 15) is 4.39 Å². The summed E-state index contributed by atoms with van der Waals surface area (Å²) in [6.45, 7) is 5.26. The van der Waals surface area contributed by atoms with Gasteiger partial charge < -0.3 is 5.32 Å². The molecule has 1 N–H and O–H groups in total. The second-order valence-electron chi connectivity index (χ2n) is 4.70. The highest BCUT2D eigenvalue weighted by molar-refractivity contribution is 6.30. The lowest BCUT2D eigenvalue weighted by molar-refractivity contribution is 0.466. The Morgan fingerprint density at radius 2 is 2.06 bits per heavy atom. The van der Waals surface area contributed by atoms with Gasteiger partial charge in [-0.15, -0.1) is 0 Å². The molecule has 1 atom stereocenters. The lowest BCUT2D eigenvalue weighted by atomic mass is 10.0. The molecule has 0 heterocycles. The fraction of sp³-hybridized carbons (Fsp3) is 0.600. The number of likely N-dealkylation sites (N-methyl/N-ethyl adjacent to an activating group) is 1. The number of nitrogens with one attached hydrogen (secondary N) is 1. The van der Waals surface area contributed by atoms with E-state index in [4.69, 9.17) is 11.6 Å². The molecular weight excluding hydrogens is 249 g/mol. The summed E-state index contributed by atoms with van der Waals surface area (Å²) in [6, 6.07) is 5.53. The summed E-state index contributed by atoms with van der Waals surface area (Å²) < 4.78 is 13.4. The smallest absolute Gasteiger partial charge is 0.142 e. The average Bonchev–Trinajstić information content (AvgIpc) is 2.34. The van der Waals surface area contributed by atoms with E-state index < -0.39 is 0 Å². The number of hydrogen-bond donors (Lipinski definition) is 1.